The number of fused-ring (bicyclic) bond motifs is 1. The lowest BCUT2D eigenvalue weighted by molar-refractivity contribution is 0.0934. The second kappa shape index (κ2) is 8.32. The van der Waals surface area contributed by atoms with Gasteiger partial charge < -0.3 is 0 Å². The van der Waals surface area contributed by atoms with Gasteiger partial charge >= 0.3 is 0 Å². The van der Waals surface area contributed by atoms with Crippen LogP contribution in [0.15, 0.2) is 60.8 Å². The van der Waals surface area contributed by atoms with Gasteiger partial charge in [0.25, 0.3) is 0 Å². The van der Waals surface area contributed by atoms with Gasteiger partial charge in [0.1, 0.15) is 5.69 Å². The van der Waals surface area contributed by atoms with Crippen LogP contribution in [0.25, 0.3) is 28.0 Å². The van der Waals surface area contributed by atoms with E-state index in [1.165, 1.54) is 0 Å². The molecule has 1 fully saturated rings. The van der Waals surface area contributed by atoms with E-state index < -0.39 is 15.3 Å². The largest absolute Gasteiger partial charge is 0.294 e. The Morgan fingerprint density at radius 3 is 2.62 bits per heavy atom. The molecule has 0 aliphatic carbocycles. The lowest BCUT2D eigenvalue weighted by atomic mass is 9.83. The summed E-state index contributed by atoms with van der Waals surface area (Å²) in [6.45, 7) is 3.84. The third-order valence-corrected chi connectivity index (χ3v) is 8.71. The van der Waals surface area contributed by atoms with Gasteiger partial charge in [-0.1, -0.05) is 48.9 Å². The topological polar surface area (TPSA) is 81.9 Å². The molecule has 0 saturated carbocycles. The first kappa shape index (κ1) is 22.7. The highest BCUT2D eigenvalue weighted by molar-refractivity contribution is 7.91. The lowest BCUT2D eigenvalue weighted by Gasteiger charge is -2.20. The van der Waals surface area contributed by atoms with Crippen molar-refractivity contribution >= 4 is 38.1 Å². The van der Waals surface area contributed by atoms with Crippen LogP contribution in [-0.4, -0.2) is 40.5 Å². The van der Waals surface area contributed by atoms with Gasteiger partial charge in [-0.25, -0.2) is 18.1 Å². The number of ketones is 1. The van der Waals surface area contributed by atoms with Crippen molar-refractivity contribution in [2.75, 3.05) is 11.5 Å². The molecular weight excluding hydrogens is 470 g/mol. The van der Waals surface area contributed by atoms with Crippen molar-refractivity contribution in [3.05, 3.63) is 76.9 Å². The number of benzene rings is 2. The molecule has 2 aromatic heterocycles. The summed E-state index contributed by atoms with van der Waals surface area (Å²) >= 11 is 6.48. The molecule has 174 valence electrons. The van der Waals surface area contributed by atoms with Crippen LogP contribution in [0.4, 0.5) is 0 Å². The zero-order chi connectivity index (χ0) is 24.1. The Bertz CT molecular complexity index is 1530. The van der Waals surface area contributed by atoms with E-state index in [0.29, 0.717) is 28.5 Å². The van der Waals surface area contributed by atoms with E-state index in [-0.39, 0.29) is 23.7 Å². The van der Waals surface area contributed by atoms with Gasteiger partial charge in [-0.3, -0.25) is 4.79 Å². The minimum absolute atomic E-state index is 0.0514. The summed E-state index contributed by atoms with van der Waals surface area (Å²) in [7, 11) is -3.08. The number of Topliss-reactive ketones (excluding diaryl/α,β-unsaturated/α-hetero) is 1. The Kier molecular flexibility index (Phi) is 5.57. The lowest BCUT2D eigenvalue weighted by Crippen LogP contribution is -2.22. The zero-order valence-corrected chi connectivity index (χ0v) is 20.5. The van der Waals surface area contributed by atoms with Crippen LogP contribution in [0.5, 0.6) is 0 Å². The maximum Gasteiger partial charge on any atom is 0.163 e. The van der Waals surface area contributed by atoms with Gasteiger partial charge in [-0.2, -0.15) is 5.10 Å². The summed E-state index contributed by atoms with van der Waals surface area (Å²) < 4.78 is 25.7. The van der Waals surface area contributed by atoms with Crippen LogP contribution < -0.4 is 0 Å². The van der Waals surface area contributed by atoms with Crippen LogP contribution in [0, 0.1) is 12.3 Å². The van der Waals surface area contributed by atoms with Crippen LogP contribution in [0.1, 0.15) is 35.7 Å². The standard InChI is InChI=1S/C26H24ClN3O3S/c1-17-7-10-24(28-15-17)30-22-13-18(23(31)14-26(2)11-12-34(32,33)16-26)8-9-20(22)25(29-30)19-5-3-4-6-21(19)27/h3-10,13,15H,11-12,14,16H2,1-2H3. The molecule has 6 nitrogen and oxygen atoms in total. The molecule has 1 aliphatic rings. The van der Waals surface area contributed by atoms with Gasteiger partial charge in [-0.05, 0) is 48.6 Å². The fourth-order valence-corrected chi connectivity index (χ4v) is 7.09. The van der Waals surface area contributed by atoms with E-state index in [2.05, 4.69) is 4.98 Å². The molecule has 1 saturated heterocycles. The van der Waals surface area contributed by atoms with E-state index in [9.17, 15) is 13.2 Å². The summed E-state index contributed by atoms with van der Waals surface area (Å²) in [5, 5.41) is 6.27. The average Bonchev–Trinajstić information content (AvgIpc) is 3.30. The van der Waals surface area contributed by atoms with Crippen molar-refractivity contribution < 1.29 is 13.2 Å². The Morgan fingerprint density at radius 1 is 1.15 bits per heavy atom. The predicted octanol–water partition coefficient (Wildman–Crippen LogP) is 5.45. The number of nitrogens with zero attached hydrogens (tertiary/aromatic N) is 3. The second-order valence-corrected chi connectivity index (χ2v) is 12.0. The minimum atomic E-state index is -3.08. The second-order valence-electron chi connectivity index (χ2n) is 9.42. The first-order chi connectivity index (χ1) is 16.1. The molecule has 34 heavy (non-hydrogen) atoms. The van der Waals surface area contributed by atoms with Crippen molar-refractivity contribution in [1.82, 2.24) is 14.8 Å². The smallest absolute Gasteiger partial charge is 0.163 e. The Morgan fingerprint density at radius 2 is 1.94 bits per heavy atom. The van der Waals surface area contributed by atoms with E-state index in [1.807, 2.05) is 62.4 Å². The predicted molar refractivity (Wildman–Crippen MR) is 134 cm³/mol. The monoisotopic (exact) mass is 493 g/mol. The number of hydrogen-bond donors (Lipinski definition) is 0. The Balaban J connectivity index is 1.62. The highest BCUT2D eigenvalue weighted by Gasteiger charge is 2.40. The van der Waals surface area contributed by atoms with Crippen molar-refractivity contribution in [2.24, 2.45) is 5.41 Å². The average molecular weight is 494 g/mol. The fraction of sp³-hybridized carbons (Fsp3) is 0.269. The van der Waals surface area contributed by atoms with Crippen molar-refractivity contribution in [3.8, 4) is 17.1 Å². The van der Waals surface area contributed by atoms with Crippen molar-refractivity contribution in [3.63, 3.8) is 0 Å². The third-order valence-electron chi connectivity index (χ3n) is 6.42. The van der Waals surface area contributed by atoms with Gasteiger partial charge in [0.05, 0.1) is 22.0 Å². The fourth-order valence-electron chi connectivity index (χ4n) is 4.61. The molecule has 2 aromatic carbocycles. The number of halogens is 1. The van der Waals surface area contributed by atoms with E-state index in [4.69, 9.17) is 16.7 Å². The molecule has 1 aliphatic heterocycles. The van der Waals surface area contributed by atoms with Gasteiger partial charge in [-0.15, -0.1) is 0 Å². The summed E-state index contributed by atoms with van der Waals surface area (Å²) in [4.78, 5) is 17.8. The van der Waals surface area contributed by atoms with E-state index >= 15 is 0 Å². The summed E-state index contributed by atoms with van der Waals surface area (Å²) in [6, 6.07) is 16.8. The minimum Gasteiger partial charge on any atom is -0.294 e. The molecule has 0 spiro atoms. The molecule has 3 heterocycles. The number of hydrogen-bond acceptors (Lipinski definition) is 5. The quantitative estimate of drug-likeness (QED) is 0.345. The van der Waals surface area contributed by atoms with Crippen LogP contribution in [0.3, 0.4) is 0 Å². The number of aryl methyl sites for hydroxylation is 1. The van der Waals surface area contributed by atoms with E-state index in [1.54, 1.807) is 16.9 Å². The number of pyridine rings is 1. The van der Waals surface area contributed by atoms with Gasteiger partial charge in [0.15, 0.2) is 21.4 Å². The summed E-state index contributed by atoms with van der Waals surface area (Å²) in [5.74, 6) is 0.747. The molecule has 0 radical (unpaired) electrons. The van der Waals surface area contributed by atoms with Gasteiger partial charge in [0, 0.05) is 29.1 Å². The number of rotatable bonds is 5. The molecule has 1 atom stereocenters. The molecule has 1 unspecified atom stereocenters. The molecule has 0 N–H and O–H groups in total. The highest BCUT2D eigenvalue weighted by atomic mass is 35.5. The molecule has 0 amide bonds. The summed E-state index contributed by atoms with van der Waals surface area (Å²) in [6.07, 6.45) is 2.46. The normalized spacial score (nSPS) is 19.5. The molecule has 4 aromatic rings. The number of sulfone groups is 1. The molecule has 8 heteroatoms. The number of carbonyl (C=O) groups excluding carboxylic acids is 1. The molecule has 5 rings (SSSR count). The van der Waals surface area contributed by atoms with Crippen molar-refractivity contribution in [2.45, 2.75) is 26.7 Å². The maximum absolute atomic E-state index is 13.2. The highest BCUT2D eigenvalue weighted by Crippen LogP contribution is 2.38. The summed E-state index contributed by atoms with van der Waals surface area (Å²) in [5.41, 5.74) is 3.26. The first-order valence-electron chi connectivity index (χ1n) is 11.1. The zero-order valence-electron chi connectivity index (χ0n) is 19.0. The maximum atomic E-state index is 13.2. The third kappa shape index (κ3) is 4.26. The Labute approximate surface area is 203 Å². The molecule has 0 bridgehead atoms. The van der Waals surface area contributed by atoms with Gasteiger partial charge in [0.2, 0.25) is 0 Å². The number of carbonyl (C=O) groups is 1. The van der Waals surface area contributed by atoms with E-state index in [0.717, 1.165) is 22.0 Å². The first-order valence-corrected chi connectivity index (χ1v) is 13.3. The van der Waals surface area contributed by atoms with Crippen LogP contribution in [0.2, 0.25) is 5.02 Å². The SMILES string of the molecule is Cc1ccc(-n2nc(-c3ccccc3Cl)c3ccc(C(=O)CC4(C)CCS(=O)(=O)C4)cc32)nc1. The van der Waals surface area contributed by atoms with Crippen LogP contribution >= 0.6 is 11.6 Å². The van der Waals surface area contributed by atoms with Crippen LogP contribution in [-0.2, 0) is 9.84 Å². The van der Waals surface area contributed by atoms with Crippen molar-refractivity contribution in [1.29, 1.82) is 0 Å². The molecular formula is C26H24ClN3O3S. The Hall–Kier alpha value is -3.03. The number of aromatic nitrogens is 3.